The summed E-state index contributed by atoms with van der Waals surface area (Å²) in [6.07, 6.45) is 1.31. The zero-order valence-electron chi connectivity index (χ0n) is 10.8. The van der Waals surface area contributed by atoms with E-state index in [-0.39, 0.29) is 17.9 Å². The molecule has 1 aromatic carbocycles. The minimum Gasteiger partial charge on any atom is -0.476 e. The lowest BCUT2D eigenvalue weighted by Crippen LogP contribution is -2.29. The Balaban J connectivity index is 2.00. The van der Waals surface area contributed by atoms with E-state index < -0.39 is 17.8 Å². The second kappa shape index (κ2) is 6.47. The number of halogens is 1. The number of hydrogen-bond acceptors (Lipinski definition) is 3. The van der Waals surface area contributed by atoms with E-state index in [1.807, 2.05) is 0 Å². The Labute approximate surface area is 119 Å². The predicted molar refractivity (Wildman–Crippen MR) is 73.5 cm³/mol. The quantitative estimate of drug-likeness (QED) is 0.805. The first-order valence-corrected chi connectivity index (χ1v) is 6.04. The van der Waals surface area contributed by atoms with Crippen LogP contribution in [0, 0.1) is 5.82 Å². The molecule has 0 radical (unpaired) electrons. The molecular formula is C14H12FN3O3. The number of benzene rings is 1. The van der Waals surface area contributed by atoms with E-state index in [4.69, 9.17) is 5.11 Å². The normalized spacial score (nSPS) is 9.95. The van der Waals surface area contributed by atoms with Crippen LogP contribution in [0.15, 0.2) is 42.6 Å². The van der Waals surface area contributed by atoms with Gasteiger partial charge in [-0.05, 0) is 18.2 Å². The molecule has 0 aliphatic carbocycles. The third-order valence-corrected chi connectivity index (χ3v) is 2.66. The number of amides is 2. The number of nitrogens with zero attached hydrogens (tertiary/aromatic N) is 1. The predicted octanol–water partition coefficient (Wildman–Crippen LogP) is 2.24. The molecule has 2 rings (SSSR count). The Bertz CT molecular complexity index is 676. The summed E-state index contributed by atoms with van der Waals surface area (Å²) in [7, 11) is 0. The Morgan fingerprint density at radius 2 is 1.95 bits per heavy atom. The molecule has 2 amide bonds. The van der Waals surface area contributed by atoms with Crippen molar-refractivity contribution < 1.29 is 19.1 Å². The van der Waals surface area contributed by atoms with Crippen molar-refractivity contribution in [2.75, 3.05) is 5.32 Å². The lowest BCUT2D eigenvalue weighted by Gasteiger charge is -2.09. The van der Waals surface area contributed by atoms with Gasteiger partial charge >= 0.3 is 12.0 Å². The highest BCUT2D eigenvalue weighted by molar-refractivity contribution is 5.98. The van der Waals surface area contributed by atoms with Gasteiger partial charge in [0.2, 0.25) is 0 Å². The van der Waals surface area contributed by atoms with E-state index in [1.54, 1.807) is 18.2 Å². The van der Waals surface area contributed by atoms with Gasteiger partial charge in [-0.1, -0.05) is 18.2 Å². The number of nitrogens with one attached hydrogen (secondary N) is 2. The lowest BCUT2D eigenvalue weighted by atomic mass is 10.2. The average Bonchev–Trinajstić information content (AvgIpc) is 2.47. The molecule has 0 aliphatic heterocycles. The molecule has 3 N–H and O–H groups in total. The van der Waals surface area contributed by atoms with E-state index in [0.717, 1.165) is 0 Å². The van der Waals surface area contributed by atoms with Gasteiger partial charge in [-0.15, -0.1) is 0 Å². The van der Waals surface area contributed by atoms with Crippen LogP contribution in [-0.2, 0) is 6.54 Å². The van der Waals surface area contributed by atoms with Crippen LogP contribution >= 0.6 is 0 Å². The van der Waals surface area contributed by atoms with Gasteiger partial charge in [-0.25, -0.2) is 19.0 Å². The summed E-state index contributed by atoms with van der Waals surface area (Å²) in [5.74, 6) is -1.68. The highest BCUT2D eigenvalue weighted by atomic mass is 19.1. The van der Waals surface area contributed by atoms with Crippen molar-refractivity contribution in [2.45, 2.75) is 6.54 Å². The molecule has 0 bridgehead atoms. The molecule has 21 heavy (non-hydrogen) atoms. The molecule has 0 saturated carbocycles. The molecule has 108 valence electrons. The monoisotopic (exact) mass is 289 g/mol. The number of carbonyl (C=O) groups excluding carboxylic acids is 1. The first-order chi connectivity index (χ1) is 10.1. The fourth-order valence-corrected chi connectivity index (χ4v) is 1.66. The van der Waals surface area contributed by atoms with E-state index >= 15 is 0 Å². The number of aromatic carboxylic acids is 1. The van der Waals surface area contributed by atoms with Gasteiger partial charge in [-0.2, -0.15) is 0 Å². The van der Waals surface area contributed by atoms with Crippen LogP contribution in [0.2, 0.25) is 0 Å². The number of pyridine rings is 1. The molecule has 1 aromatic heterocycles. The molecule has 2 aromatic rings. The summed E-state index contributed by atoms with van der Waals surface area (Å²) in [5, 5.41) is 13.7. The second-order valence-corrected chi connectivity index (χ2v) is 4.10. The number of hydrogen-bond donors (Lipinski definition) is 3. The van der Waals surface area contributed by atoms with Crippen LogP contribution < -0.4 is 10.6 Å². The topological polar surface area (TPSA) is 91.3 Å². The highest BCUT2D eigenvalue weighted by Gasteiger charge is 2.13. The number of carboxylic acid groups (broad SMARTS) is 1. The maximum atomic E-state index is 13.4. The lowest BCUT2D eigenvalue weighted by molar-refractivity contribution is 0.0691. The number of aromatic nitrogens is 1. The zero-order valence-corrected chi connectivity index (χ0v) is 10.8. The van der Waals surface area contributed by atoms with Crippen LogP contribution in [0.5, 0.6) is 0 Å². The number of carboxylic acids is 1. The Morgan fingerprint density at radius 3 is 2.67 bits per heavy atom. The molecule has 6 nitrogen and oxygen atoms in total. The van der Waals surface area contributed by atoms with Gasteiger partial charge in [0.1, 0.15) is 5.82 Å². The standard InChI is InChI=1S/C14H12FN3O3/c15-10-5-2-1-4-9(10)8-17-14(21)18-11-6-3-7-16-12(11)13(19)20/h1-7H,8H2,(H,19,20)(H2,17,18,21). The maximum Gasteiger partial charge on any atom is 0.356 e. The molecule has 0 unspecified atom stereocenters. The minimum absolute atomic E-state index is 0.0127. The number of urea groups is 1. The molecule has 1 heterocycles. The fraction of sp³-hybridized carbons (Fsp3) is 0.0714. The Kier molecular flexibility index (Phi) is 4.45. The van der Waals surface area contributed by atoms with Crippen molar-refractivity contribution in [1.82, 2.24) is 10.3 Å². The summed E-state index contributed by atoms with van der Waals surface area (Å²) < 4.78 is 13.4. The van der Waals surface area contributed by atoms with Gasteiger partial charge < -0.3 is 15.7 Å². The van der Waals surface area contributed by atoms with Crippen LogP contribution in [0.4, 0.5) is 14.9 Å². The van der Waals surface area contributed by atoms with Gasteiger partial charge in [-0.3, -0.25) is 0 Å². The Hall–Kier alpha value is -2.96. The molecule has 0 saturated heterocycles. The molecule has 0 aliphatic rings. The van der Waals surface area contributed by atoms with E-state index in [1.165, 1.54) is 24.4 Å². The van der Waals surface area contributed by atoms with Crippen LogP contribution in [-0.4, -0.2) is 22.1 Å². The molecule has 0 spiro atoms. The van der Waals surface area contributed by atoms with Crippen molar-refractivity contribution in [3.8, 4) is 0 Å². The van der Waals surface area contributed by atoms with Gasteiger partial charge in [0, 0.05) is 18.3 Å². The van der Waals surface area contributed by atoms with Crippen molar-refractivity contribution in [1.29, 1.82) is 0 Å². The molecule has 7 heteroatoms. The molecular weight excluding hydrogens is 277 g/mol. The summed E-state index contributed by atoms with van der Waals surface area (Å²) in [6.45, 7) is -0.0127. The minimum atomic E-state index is -1.25. The third kappa shape index (κ3) is 3.75. The summed E-state index contributed by atoms with van der Waals surface area (Å²) in [6, 6.07) is 8.31. The average molecular weight is 289 g/mol. The largest absolute Gasteiger partial charge is 0.476 e. The summed E-state index contributed by atoms with van der Waals surface area (Å²) >= 11 is 0. The number of carbonyl (C=O) groups is 2. The second-order valence-electron chi connectivity index (χ2n) is 4.10. The summed E-state index contributed by atoms with van der Waals surface area (Å²) in [4.78, 5) is 26.3. The van der Waals surface area contributed by atoms with Gasteiger partial charge in [0.15, 0.2) is 5.69 Å². The summed E-state index contributed by atoms with van der Waals surface area (Å²) in [5.41, 5.74) is 0.131. The zero-order chi connectivity index (χ0) is 15.2. The first kappa shape index (κ1) is 14.4. The van der Waals surface area contributed by atoms with Gasteiger partial charge in [0.25, 0.3) is 0 Å². The first-order valence-electron chi connectivity index (χ1n) is 6.04. The Morgan fingerprint density at radius 1 is 1.19 bits per heavy atom. The number of anilines is 1. The number of rotatable bonds is 4. The van der Waals surface area contributed by atoms with Crippen LogP contribution in [0.1, 0.15) is 16.1 Å². The van der Waals surface area contributed by atoms with Crippen LogP contribution in [0.25, 0.3) is 0 Å². The van der Waals surface area contributed by atoms with Crippen LogP contribution in [0.3, 0.4) is 0 Å². The fourth-order valence-electron chi connectivity index (χ4n) is 1.66. The van der Waals surface area contributed by atoms with Crippen molar-refractivity contribution in [3.05, 3.63) is 59.7 Å². The van der Waals surface area contributed by atoms with E-state index in [0.29, 0.717) is 5.56 Å². The van der Waals surface area contributed by atoms with E-state index in [2.05, 4.69) is 15.6 Å². The maximum absolute atomic E-state index is 13.4. The molecule has 0 fully saturated rings. The van der Waals surface area contributed by atoms with Crippen molar-refractivity contribution in [2.24, 2.45) is 0 Å². The third-order valence-electron chi connectivity index (χ3n) is 2.66. The van der Waals surface area contributed by atoms with Crippen molar-refractivity contribution >= 4 is 17.7 Å². The van der Waals surface area contributed by atoms with Crippen molar-refractivity contribution in [3.63, 3.8) is 0 Å². The SMILES string of the molecule is O=C(NCc1ccccc1F)Nc1cccnc1C(=O)O. The molecule has 0 atom stereocenters. The van der Waals surface area contributed by atoms with Gasteiger partial charge in [0.05, 0.1) is 5.69 Å². The highest BCUT2D eigenvalue weighted by Crippen LogP contribution is 2.12. The smallest absolute Gasteiger partial charge is 0.356 e. The van der Waals surface area contributed by atoms with E-state index in [9.17, 15) is 14.0 Å².